The lowest BCUT2D eigenvalue weighted by Crippen LogP contribution is -1.97. The third-order valence-electron chi connectivity index (χ3n) is 1.98. The van der Waals surface area contributed by atoms with Crippen LogP contribution in [-0.2, 0) is 0 Å². The largest absolute Gasteiger partial charge is 0.288 e. The molecule has 0 spiro atoms. The zero-order valence-electron chi connectivity index (χ0n) is 7.84. The summed E-state index contributed by atoms with van der Waals surface area (Å²) >= 11 is 12.8. The molecule has 5 heteroatoms. The van der Waals surface area contributed by atoms with Crippen LogP contribution in [-0.4, -0.2) is 5.78 Å². The normalized spacial score (nSPS) is 10.4. The lowest BCUT2D eigenvalue weighted by Gasteiger charge is -1.97. The minimum Gasteiger partial charge on any atom is -0.288 e. The van der Waals surface area contributed by atoms with Crippen LogP contribution in [0, 0.1) is 3.57 Å². The van der Waals surface area contributed by atoms with E-state index in [9.17, 15) is 4.79 Å². The number of thiophene rings is 1. The lowest BCUT2D eigenvalue weighted by atomic mass is 10.1. The van der Waals surface area contributed by atoms with E-state index in [0.29, 0.717) is 15.5 Å². The Hall–Kier alpha value is 0.0900. The molecule has 2 rings (SSSR count). The van der Waals surface area contributed by atoms with E-state index in [0.717, 1.165) is 7.36 Å². The van der Waals surface area contributed by atoms with Crippen molar-refractivity contribution in [2.24, 2.45) is 0 Å². The summed E-state index contributed by atoms with van der Waals surface area (Å²) in [5.41, 5.74) is 0.686. The van der Waals surface area contributed by atoms with Crippen molar-refractivity contribution in [1.82, 2.24) is 0 Å². The molecule has 1 aromatic carbocycles. The minimum atomic E-state index is 0.00833. The minimum absolute atomic E-state index is 0.00833. The fourth-order valence-electron chi connectivity index (χ4n) is 1.20. The summed E-state index contributed by atoms with van der Waals surface area (Å²) in [4.78, 5) is 12.7. The van der Waals surface area contributed by atoms with Crippen molar-refractivity contribution in [1.29, 1.82) is 0 Å². The van der Waals surface area contributed by atoms with Crippen molar-refractivity contribution in [2.75, 3.05) is 0 Å². The molecule has 2 aromatic rings. The Bertz CT molecular complexity index is 516. The molecule has 0 atom stereocenters. The van der Waals surface area contributed by atoms with Gasteiger partial charge in [0.25, 0.3) is 0 Å². The zero-order chi connectivity index (χ0) is 11.7. The molecule has 82 valence electrons. The maximum absolute atomic E-state index is 12.1. The van der Waals surface area contributed by atoms with Gasteiger partial charge in [-0.3, -0.25) is 4.79 Å². The number of rotatable bonds is 2. The van der Waals surface area contributed by atoms with E-state index in [1.54, 1.807) is 6.07 Å². The molecule has 0 saturated carbocycles. The monoisotopic (exact) mass is 426 g/mol. The van der Waals surface area contributed by atoms with Gasteiger partial charge in [0.15, 0.2) is 0 Å². The molecule has 16 heavy (non-hydrogen) atoms. The summed E-state index contributed by atoms with van der Waals surface area (Å²) in [5.74, 6) is 0.00833. The van der Waals surface area contributed by atoms with Gasteiger partial charge in [-0.05, 0) is 68.9 Å². The Morgan fingerprint density at radius 3 is 2.44 bits per heavy atom. The molecule has 0 fully saturated rings. The highest BCUT2D eigenvalue weighted by atomic mass is 127. The van der Waals surface area contributed by atoms with Gasteiger partial charge < -0.3 is 0 Å². The molecular formula is C11H5BrClIOS. The van der Waals surface area contributed by atoms with Crippen molar-refractivity contribution in [2.45, 2.75) is 0 Å². The van der Waals surface area contributed by atoms with E-state index in [1.807, 2.05) is 24.3 Å². The molecule has 0 amide bonds. The molecule has 0 bridgehead atoms. The fourth-order valence-corrected chi connectivity index (χ4v) is 3.23. The number of hydrogen-bond donors (Lipinski definition) is 0. The van der Waals surface area contributed by atoms with Crippen molar-refractivity contribution in [3.8, 4) is 0 Å². The average molecular weight is 427 g/mol. The van der Waals surface area contributed by atoms with Gasteiger partial charge in [-0.1, -0.05) is 11.6 Å². The molecule has 1 heterocycles. The Labute approximate surface area is 124 Å². The molecule has 0 unspecified atom stereocenters. The van der Waals surface area contributed by atoms with E-state index >= 15 is 0 Å². The van der Waals surface area contributed by atoms with Crippen LogP contribution >= 0.6 is 61.5 Å². The first kappa shape index (κ1) is 12.5. The van der Waals surface area contributed by atoms with Crippen molar-refractivity contribution >= 4 is 67.2 Å². The van der Waals surface area contributed by atoms with Gasteiger partial charge in [0.05, 0.1) is 13.7 Å². The highest BCUT2D eigenvalue weighted by molar-refractivity contribution is 14.1. The summed E-state index contributed by atoms with van der Waals surface area (Å²) in [7, 11) is 0. The summed E-state index contributed by atoms with van der Waals surface area (Å²) in [6, 6.07) is 9.17. The van der Waals surface area contributed by atoms with Crippen LogP contribution in [0.2, 0.25) is 5.02 Å². The highest BCUT2D eigenvalue weighted by Crippen LogP contribution is 2.33. The molecule has 0 aliphatic heterocycles. The molecular weight excluding hydrogens is 422 g/mol. The van der Waals surface area contributed by atoms with Gasteiger partial charge in [0.2, 0.25) is 5.78 Å². The molecule has 1 aromatic heterocycles. The topological polar surface area (TPSA) is 17.1 Å². The van der Waals surface area contributed by atoms with Gasteiger partial charge >= 0.3 is 0 Å². The first-order valence-corrected chi connectivity index (χ1v) is 7.39. The molecule has 0 radical (unpaired) electrons. The Kier molecular flexibility index (Phi) is 4.05. The van der Waals surface area contributed by atoms with Crippen molar-refractivity contribution < 1.29 is 4.79 Å². The van der Waals surface area contributed by atoms with E-state index < -0.39 is 0 Å². The average Bonchev–Trinajstić information content (AvgIpc) is 2.59. The van der Waals surface area contributed by atoms with Crippen LogP contribution in [0.25, 0.3) is 0 Å². The zero-order valence-corrected chi connectivity index (χ0v) is 13.2. The smallest absolute Gasteiger partial charge is 0.203 e. The predicted molar refractivity (Wildman–Crippen MR) is 79.6 cm³/mol. The van der Waals surface area contributed by atoms with Crippen LogP contribution in [0.5, 0.6) is 0 Å². The van der Waals surface area contributed by atoms with Crippen molar-refractivity contribution in [3.05, 3.63) is 53.2 Å². The number of carbonyl (C=O) groups excluding carboxylic acids is 1. The van der Waals surface area contributed by atoms with E-state index in [1.165, 1.54) is 11.3 Å². The molecule has 0 saturated heterocycles. The number of benzene rings is 1. The van der Waals surface area contributed by atoms with Crippen LogP contribution in [0.1, 0.15) is 15.2 Å². The summed E-state index contributed by atoms with van der Waals surface area (Å²) in [6.45, 7) is 0. The second kappa shape index (κ2) is 5.16. The maximum Gasteiger partial charge on any atom is 0.203 e. The fraction of sp³-hybridized carbons (Fsp3) is 0. The highest BCUT2D eigenvalue weighted by Gasteiger charge is 2.13. The summed E-state index contributed by atoms with van der Waals surface area (Å²) in [5, 5.41) is 0.582. The second-order valence-electron chi connectivity index (χ2n) is 3.07. The quantitative estimate of drug-likeness (QED) is 0.487. The first-order valence-electron chi connectivity index (χ1n) is 4.33. The van der Waals surface area contributed by atoms with E-state index in [-0.39, 0.29) is 5.78 Å². The Balaban J connectivity index is 2.35. The van der Waals surface area contributed by atoms with Crippen LogP contribution in [0.3, 0.4) is 0 Å². The van der Waals surface area contributed by atoms with Gasteiger partial charge in [-0.2, -0.15) is 0 Å². The molecule has 1 nitrogen and oxygen atoms in total. The predicted octanol–water partition coefficient (Wildman–Crippen LogP) is 5.00. The van der Waals surface area contributed by atoms with Crippen LogP contribution < -0.4 is 0 Å². The molecule has 0 N–H and O–H groups in total. The van der Waals surface area contributed by atoms with Gasteiger partial charge in [-0.25, -0.2) is 0 Å². The Morgan fingerprint density at radius 1 is 1.31 bits per heavy atom. The van der Waals surface area contributed by atoms with Gasteiger partial charge in [0, 0.05) is 9.13 Å². The van der Waals surface area contributed by atoms with E-state index in [2.05, 4.69) is 38.5 Å². The van der Waals surface area contributed by atoms with Crippen molar-refractivity contribution in [3.63, 3.8) is 0 Å². The molecule has 0 aliphatic rings. The number of carbonyl (C=O) groups is 1. The van der Waals surface area contributed by atoms with E-state index in [4.69, 9.17) is 11.6 Å². The first-order chi connectivity index (χ1) is 7.58. The summed E-state index contributed by atoms with van der Waals surface area (Å²) < 4.78 is 1.91. The van der Waals surface area contributed by atoms with Gasteiger partial charge in [-0.15, -0.1) is 11.3 Å². The standard InChI is InChI=1S/C11H5BrClIOS/c12-11-8(13)5-9(16-11)10(15)6-1-3-7(14)4-2-6/h1-5H. The number of hydrogen-bond acceptors (Lipinski definition) is 2. The Morgan fingerprint density at radius 2 is 1.94 bits per heavy atom. The van der Waals surface area contributed by atoms with Crippen LogP contribution in [0.15, 0.2) is 34.1 Å². The summed E-state index contributed by atoms with van der Waals surface area (Å²) in [6.07, 6.45) is 0. The lowest BCUT2D eigenvalue weighted by molar-refractivity contribution is 0.104. The third-order valence-corrected chi connectivity index (χ3v) is 5.17. The van der Waals surface area contributed by atoms with Crippen LogP contribution in [0.4, 0.5) is 0 Å². The second-order valence-corrected chi connectivity index (χ2v) is 7.09. The maximum atomic E-state index is 12.1. The third kappa shape index (κ3) is 2.67. The number of ketones is 1. The molecule has 0 aliphatic carbocycles. The SMILES string of the molecule is O=C(c1ccc(I)cc1)c1cc(Cl)c(Br)s1. The number of halogens is 3. The van der Waals surface area contributed by atoms with Gasteiger partial charge in [0.1, 0.15) is 0 Å².